The van der Waals surface area contributed by atoms with Gasteiger partial charge < -0.3 is 5.32 Å². The van der Waals surface area contributed by atoms with Gasteiger partial charge in [0.1, 0.15) is 0 Å². The molecule has 0 radical (unpaired) electrons. The summed E-state index contributed by atoms with van der Waals surface area (Å²) in [4.78, 5) is 17.1. The van der Waals surface area contributed by atoms with E-state index < -0.39 is 0 Å². The summed E-state index contributed by atoms with van der Waals surface area (Å²) in [6.07, 6.45) is 11.6. The van der Waals surface area contributed by atoms with Gasteiger partial charge in [0.15, 0.2) is 5.82 Å². The average molecular weight is 350 g/mol. The van der Waals surface area contributed by atoms with Crippen molar-refractivity contribution in [2.24, 2.45) is 23.2 Å². The molecule has 26 heavy (non-hydrogen) atoms. The first kappa shape index (κ1) is 16.0. The number of rotatable bonds is 4. The van der Waals surface area contributed by atoms with Crippen LogP contribution in [0, 0.1) is 30.1 Å². The van der Waals surface area contributed by atoms with Crippen LogP contribution in [0.5, 0.6) is 0 Å². The molecule has 0 spiro atoms. The van der Waals surface area contributed by atoms with Crippen molar-refractivity contribution < 1.29 is 4.79 Å². The third-order valence-electron chi connectivity index (χ3n) is 6.91. The zero-order valence-electron chi connectivity index (χ0n) is 15.3. The molecule has 4 saturated carbocycles. The quantitative estimate of drug-likeness (QED) is 0.918. The van der Waals surface area contributed by atoms with E-state index >= 15 is 0 Å². The highest BCUT2D eigenvalue weighted by Gasteiger charge is 2.50. The highest BCUT2D eigenvalue weighted by molar-refractivity contribution is 5.95. The lowest BCUT2D eigenvalue weighted by atomic mass is 9.49. The predicted molar refractivity (Wildman–Crippen MR) is 99.0 cm³/mol. The molecule has 0 unspecified atom stereocenters. The van der Waals surface area contributed by atoms with Crippen LogP contribution in [0.15, 0.2) is 30.6 Å². The van der Waals surface area contributed by atoms with Gasteiger partial charge in [-0.05, 0) is 80.8 Å². The first-order chi connectivity index (χ1) is 12.6. The summed E-state index contributed by atoms with van der Waals surface area (Å²) >= 11 is 0. The molecule has 2 aromatic heterocycles. The molecule has 0 atom stereocenters. The van der Waals surface area contributed by atoms with Crippen molar-refractivity contribution in [1.82, 2.24) is 20.1 Å². The van der Waals surface area contributed by atoms with E-state index in [2.05, 4.69) is 15.4 Å². The summed E-state index contributed by atoms with van der Waals surface area (Å²) in [5.74, 6) is 3.47. The number of amides is 1. The normalized spacial score (nSPS) is 32.0. The van der Waals surface area contributed by atoms with Gasteiger partial charge in [-0.1, -0.05) is 6.07 Å². The molecule has 136 valence electrons. The molecule has 5 nitrogen and oxygen atoms in total. The Balaban J connectivity index is 1.30. The Bertz CT molecular complexity index is 791. The van der Waals surface area contributed by atoms with Gasteiger partial charge in [-0.2, -0.15) is 5.10 Å². The lowest BCUT2D eigenvalue weighted by Gasteiger charge is -2.56. The summed E-state index contributed by atoms with van der Waals surface area (Å²) in [6, 6.07) is 5.70. The summed E-state index contributed by atoms with van der Waals surface area (Å²) in [7, 11) is 0. The molecule has 1 amide bonds. The Labute approximate surface area is 154 Å². The van der Waals surface area contributed by atoms with E-state index in [0.29, 0.717) is 11.0 Å². The number of carbonyl (C=O) groups is 1. The van der Waals surface area contributed by atoms with E-state index in [4.69, 9.17) is 0 Å². The van der Waals surface area contributed by atoms with Crippen molar-refractivity contribution in [3.05, 3.63) is 41.9 Å². The predicted octanol–water partition coefficient (Wildman–Crippen LogP) is 3.52. The molecule has 0 aliphatic heterocycles. The van der Waals surface area contributed by atoms with E-state index in [-0.39, 0.29) is 5.91 Å². The van der Waals surface area contributed by atoms with Crippen LogP contribution in [0.25, 0.3) is 5.82 Å². The zero-order chi connectivity index (χ0) is 17.7. The Kier molecular flexibility index (Phi) is 3.66. The maximum absolute atomic E-state index is 12.8. The van der Waals surface area contributed by atoms with E-state index in [1.807, 2.05) is 25.1 Å². The molecule has 4 bridgehead atoms. The van der Waals surface area contributed by atoms with Gasteiger partial charge in [-0.25, -0.2) is 9.67 Å². The monoisotopic (exact) mass is 350 g/mol. The van der Waals surface area contributed by atoms with Gasteiger partial charge in [0.2, 0.25) is 0 Å². The minimum Gasteiger partial charge on any atom is -0.351 e. The van der Waals surface area contributed by atoms with E-state index in [9.17, 15) is 4.79 Å². The number of nitrogens with zero attached hydrogens (tertiary/aromatic N) is 3. The highest BCUT2D eigenvalue weighted by atomic mass is 16.1. The largest absolute Gasteiger partial charge is 0.351 e. The Morgan fingerprint density at radius 3 is 2.50 bits per heavy atom. The third kappa shape index (κ3) is 2.65. The molecule has 4 aliphatic rings. The fourth-order valence-electron chi connectivity index (χ4n) is 6.21. The summed E-state index contributed by atoms with van der Waals surface area (Å²) < 4.78 is 1.74. The van der Waals surface area contributed by atoms with Crippen molar-refractivity contribution in [2.75, 3.05) is 6.54 Å². The van der Waals surface area contributed by atoms with E-state index in [0.717, 1.165) is 35.8 Å². The lowest BCUT2D eigenvalue weighted by Crippen LogP contribution is -2.51. The van der Waals surface area contributed by atoms with Gasteiger partial charge in [-0.3, -0.25) is 4.79 Å². The second-order valence-electron chi connectivity index (χ2n) is 8.84. The minimum atomic E-state index is 0.000395. The summed E-state index contributed by atoms with van der Waals surface area (Å²) in [6.45, 7) is 2.75. The second-order valence-corrected chi connectivity index (χ2v) is 8.84. The molecule has 2 heterocycles. The van der Waals surface area contributed by atoms with E-state index in [1.54, 1.807) is 17.1 Å². The molecule has 4 fully saturated rings. The molecule has 2 aromatic rings. The third-order valence-corrected chi connectivity index (χ3v) is 6.91. The van der Waals surface area contributed by atoms with Crippen molar-refractivity contribution >= 4 is 5.91 Å². The van der Waals surface area contributed by atoms with Crippen LogP contribution >= 0.6 is 0 Å². The van der Waals surface area contributed by atoms with Gasteiger partial charge in [-0.15, -0.1) is 0 Å². The summed E-state index contributed by atoms with van der Waals surface area (Å²) in [5, 5.41) is 7.62. The van der Waals surface area contributed by atoms with Gasteiger partial charge in [0.05, 0.1) is 17.5 Å². The topological polar surface area (TPSA) is 59.8 Å². The highest BCUT2D eigenvalue weighted by Crippen LogP contribution is 2.59. The van der Waals surface area contributed by atoms with Crippen LogP contribution in [0.1, 0.15) is 54.6 Å². The second kappa shape index (κ2) is 5.93. The molecular formula is C21H26N4O. The number of hydrogen-bond donors (Lipinski definition) is 1. The first-order valence-electron chi connectivity index (χ1n) is 9.86. The molecule has 1 N–H and O–H groups in total. The van der Waals surface area contributed by atoms with Crippen molar-refractivity contribution in [1.29, 1.82) is 0 Å². The van der Waals surface area contributed by atoms with Gasteiger partial charge >= 0.3 is 0 Å². The van der Waals surface area contributed by atoms with Crippen LogP contribution in [0.2, 0.25) is 0 Å². The molecule has 0 aromatic carbocycles. The van der Waals surface area contributed by atoms with Crippen molar-refractivity contribution in [3.8, 4) is 5.82 Å². The van der Waals surface area contributed by atoms with E-state index in [1.165, 1.54) is 38.5 Å². The molecule has 0 saturated heterocycles. The van der Waals surface area contributed by atoms with Crippen LogP contribution in [0.4, 0.5) is 0 Å². The summed E-state index contributed by atoms with van der Waals surface area (Å²) in [5.41, 5.74) is 1.85. The maximum Gasteiger partial charge on any atom is 0.254 e. The standard InChI is InChI=1S/C21H26N4O/c1-14-18(12-24-25(14)19-4-2-3-5-22-19)20(26)23-13-21-9-15-6-16(10-21)8-17(7-15)11-21/h2-5,12,15-17H,6-11,13H2,1H3,(H,23,26). The number of aromatic nitrogens is 3. The Hall–Kier alpha value is -2.17. The fraction of sp³-hybridized carbons (Fsp3) is 0.571. The number of nitrogens with one attached hydrogen (secondary N) is 1. The SMILES string of the molecule is Cc1c(C(=O)NCC23CC4CC(CC(C4)C2)C3)cnn1-c1ccccn1. The zero-order valence-corrected chi connectivity index (χ0v) is 15.3. The minimum absolute atomic E-state index is 0.000395. The average Bonchev–Trinajstić information content (AvgIpc) is 3.01. The molecule has 6 rings (SSSR count). The Morgan fingerprint density at radius 1 is 1.19 bits per heavy atom. The fourth-order valence-corrected chi connectivity index (χ4v) is 6.21. The van der Waals surface area contributed by atoms with Crippen LogP contribution in [-0.2, 0) is 0 Å². The number of carbonyl (C=O) groups excluding carboxylic acids is 1. The van der Waals surface area contributed by atoms with Crippen molar-refractivity contribution in [2.45, 2.75) is 45.4 Å². The van der Waals surface area contributed by atoms with Crippen LogP contribution < -0.4 is 5.32 Å². The molecule has 5 heteroatoms. The van der Waals surface area contributed by atoms with Crippen LogP contribution in [-0.4, -0.2) is 27.2 Å². The van der Waals surface area contributed by atoms with Crippen molar-refractivity contribution in [3.63, 3.8) is 0 Å². The first-order valence-corrected chi connectivity index (χ1v) is 9.86. The Morgan fingerprint density at radius 2 is 1.88 bits per heavy atom. The number of hydrogen-bond acceptors (Lipinski definition) is 3. The van der Waals surface area contributed by atoms with Gasteiger partial charge in [0, 0.05) is 12.7 Å². The lowest BCUT2D eigenvalue weighted by molar-refractivity contribution is -0.0503. The smallest absolute Gasteiger partial charge is 0.254 e. The molecule has 4 aliphatic carbocycles. The number of pyridine rings is 1. The molecular weight excluding hydrogens is 324 g/mol. The van der Waals surface area contributed by atoms with Crippen LogP contribution in [0.3, 0.4) is 0 Å². The van der Waals surface area contributed by atoms with Gasteiger partial charge in [0.25, 0.3) is 5.91 Å². The maximum atomic E-state index is 12.8.